The maximum Gasteiger partial charge on any atom is 0.235 e. The smallest absolute Gasteiger partial charge is 0.235 e. The molecule has 0 radical (unpaired) electrons. The zero-order chi connectivity index (χ0) is 18.1. The molecule has 0 aliphatic carbocycles. The summed E-state index contributed by atoms with van der Waals surface area (Å²) in [6.45, 7) is 0. The van der Waals surface area contributed by atoms with Crippen molar-refractivity contribution in [1.82, 2.24) is 30.0 Å². The van der Waals surface area contributed by atoms with Crippen molar-refractivity contribution in [3.8, 4) is 22.8 Å². The van der Waals surface area contributed by atoms with Gasteiger partial charge in [0.15, 0.2) is 0 Å². The average molecular weight is 370 g/mol. The molecule has 0 spiro atoms. The monoisotopic (exact) mass is 370 g/mol. The van der Waals surface area contributed by atoms with E-state index >= 15 is 0 Å². The van der Waals surface area contributed by atoms with Crippen molar-refractivity contribution in [2.24, 2.45) is 0 Å². The highest BCUT2D eigenvalue weighted by Crippen LogP contribution is 2.25. The largest absolute Gasteiger partial charge is 0.274 e. The Morgan fingerprint density at radius 2 is 1.67 bits per heavy atom. The van der Waals surface area contributed by atoms with Crippen LogP contribution in [0.1, 0.15) is 10.6 Å². The maximum absolute atomic E-state index is 4.62. The van der Waals surface area contributed by atoms with Crippen LogP contribution >= 0.6 is 11.3 Å². The van der Waals surface area contributed by atoms with Crippen LogP contribution in [0.15, 0.2) is 66.7 Å². The second-order valence-corrected chi connectivity index (χ2v) is 6.92. The van der Waals surface area contributed by atoms with Gasteiger partial charge in [-0.3, -0.25) is 5.10 Å². The molecule has 2 aromatic carbocycles. The van der Waals surface area contributed by atoms with Crippen molar-refractivity contribution in [2.75, 3.05) is 0 Å². The van der Waals surface area contributed by atoms with E-state index in [9.17, 15) is 0 Å². The van der Waals surface area contributed by atoms with E-state index in [0.29, 0.717) is 5.82 Å². The first-order valence-corrected chi connectivity index (χ1v) is 9.25. The maximum atomic E-state index is 4.62. The van der Waals surface area contributed by atoms with Gasteiger partial charge in [0.05, 0.1) is 5.69 Å². The highest BCUT2D eigenvalue weighted by Gasteiger charge is 2.15. The van der Waals surface area contributed by atoms with Gasteiger partial charge < -0.3 is 0 Å². The molecule has 0 atom stereocenters. The van der Waals surface area contributed by atoms with Gasteiger partial charge in [-0.2, -0.15) is 14.7 Å². The average Bonchev–Trinajstić information content (AvgIpc) is 3.43. The van der Waals surface area contributed by atoms with Crippen LogP contribution in [-0.4, -0.2) is 30.0 Å². The lowest BCUT2D eigenvalue weighted by Crippen LogP contribution is -1.90. The number of H-pyrrole nitrogens is 1. The normalized spacial score (nSPS) is 11.6. The zero-order valence-electron chi connectivity index (χ0n) is 14.1. The predicted molar refractivity (Wildman–Crippen MR) is 107 cm³/mol. The number of nitrogens with zero attached hydrogens (tertiary/aromatic N) is 5. The van der Waals surface area contributed by atoms with Crippen molar-refractivity contribution in [3.05, 3.63) is 77.3 Å². The highest BCUT2D eigenvalue weighted by molar-refractivity contribution is 7.17. The summed E-state index contributed by atoms with van der Waals surface area (Å²) >= 11 is 1.49. The van der Waals surface area contributed by atoms with Crippen molar-refractivity contribution in [2.45, 2.75) is 0 Å². The Kier molecular flexibility index (Phi) is 3.84. The predicted octanol–water partition coefficient (Wildman–Crippen LogP) is 4.41. The number of aromatic amines is 1. The number of nitrogens with one attached hydrogen (secondary N) is 1. The molecule has 0 amide bonds. The van der Waals surface area contributed by atoms with Gasteiger partial charge in [-0.1, -0.05) is 78.1 Å². The number of benzene rings is 2. The molecule has 7 heteroatoms. The Morgan fingerprint density at radius 1 is 0.889 bits per heavy atom. The number of fused-ring (bicyclic) bond motifs is 1. The van der Waals surface area contributed by atoms with Gasteiger partial charge in [0.25, 0.3) is 0 Å². The minimum atomic E-state index is 0.648. The molecule has 27 heavy (non-hydrogen) atoms. The summed E-state index contributed by atoms with van der Waals surface area (Å²) in [5, 5.41) is 21.4. The first-order chi connectivity index (χ1) is 13.4. The molecule has 0 saturated carbocycles. The Morgan fingerprint density at radius 3 is 2.48 bits per heavy atom. The minimum absolute atomic E-state index is 0.648. The summed E-state index contributed by atoms with van der Waals surface area (Å²) in [5.41, 5.74) is 3.82. The lowest BCUT2D eigenvalue weighted by atomic mass is 10.1. The van der Waals surface area contributed by atoms with Crippen LogP contribution in [0.5, 0.6) is 0 Å². The lowest BCUT2D eigenvalue weighted by molar-refractivity contribution is 0.945. The van der Waals surface area contributed by atoms with E-state index in [1.54, 1.807) is 4.52 Å². The Balaban J connectivity index is 1.47. The van der Waals surface area contributed by atoms with E-state index in [-0.39, 0.29) is 0 Å². The van der Waals surface area contributed by atoms with E-state index in [1.165, 1.54) is 11.3 Å². The van der Waals surface area contributed by atoms with E-state index in [0.717, 1.165) is 32.5 Å². The molecule has 3 aromatic heterocycles. The topological polar surface area (TPSA) is 71.8 Å². The molecule has 0 unspecified atom stereocenters. The third kappa shape index (κ3) is 3.04. The van der Waals surface area contributed by atoms with Crippen molar-refractivity contribution in [3.63, 3.8) is 0 Å². The van der Waals surface area contributed by atoms with Crippen molar-refractivity contribution in [1.29, 1.82) is 0 Å². The van der Waals surface area contributed by atoms with Gasteiger partial charge in [0, 0.05) is 5.56 Å². The van der Waals surface area contributed by atoms with Crippen LogP contribution < -0.4 is 0 Å². The quantitative estimate of drug-likeness (QED) is 0.508. The van der Waals surface area contributed by atoms with Gasteiger partial charge in [0.1, 0.15) is 10.7 Å². The number of hydrogen-bond donors (Lipinski definition) is 1. The number of aromatic nitrogens is 6. The van der Waals surface area contributed by atoms with Gasteiger partial charge in [-0.25, -0.2) is 0 Å². The van der Waals surface area contributed by atoms with E-state index < -0.39 is 0 Å². The fraction of sp³-hybridized carbons (Fsp3) is 0. The third-order valence-corrected chi connectivity index (χ3v) is 4.98. The first kappa shape index (κ1) is 15.7. The van der Waals surface area contributed by atoms with Gasteiger partial charge in [0.2, 0.25) is 10.8 Å². The van der Waals surface area contributed by atoms with Crippen LogP contribution in [-0.2, 0) is 0 Å². The molecule has 0 saturated heterocycles. The molecule has 0 aliphatic heterocycles. The van der Waals surface area contributed by atoms with E-state index in [1.807, 2.05) is 66.7 Å². The second-order valence-electron chi connectivity index (χ2n) is 5.94. The molecule has 0 fully saturated rings. The van der Waals surface area contributed by atoms with Crippen LogP contribution in [0.4, 0.5) is 0 Å². The van der Waals surface area contributed by atoms with E-state index in [2.05, 4.69) is 37.6 Å². The fourth-order valence-electron chi connectivity index (χ4n) is 2.79. The summed E-state index contributed by atoms with van der Waals surface area (Å²) < 4.78 is 1.75. The SMILES string of the molecule is C(=C\c1nn2c(-c3cc(-c4ccccc4)n[nH]3)nnc2s1)/c1ccccc1. The highest BCUT2D eigenvalue weighted by atomic mass is 32.1. The van der Waals surface area contributed by atoms with Crippen LogP contribution in [0.2, 0.25) is 0 Å². The molecule has 3 heterocycles. The van der Waals surface area contributed by atoms with E-state index in [4.69, 9.17) is 0 Å². The Labute approximate surface area is 158 Å². The van der Waals surface area contributed by atoms with Crippen LogP contribution in [0.3, 0.4) is 0 Å². The fourth-order valence-corrected chi connectivity index (χ4v) is 3.53. The molecule has 5 aromatic rings. The molecule has 0 aliphatic rings. The summed E-state index contributed by atoms with van der Waals surface area (Å²) in [7, 11) is 0. The molecule has 1 N–H and O–H groups in total. The lowest BCUT2D eigenvalue weighted by Gasteiger charge is -1.93. The molecule has 5 rings (SSSR count). The van der Waals surface area contributed by atoms with Gasteiger partial charge in [-0.15, -0.1) is 10.2 Å². The summed E-state index contributed by atoms with van der Waals surface area (Å²) in [4.78, 5) is 0.744. The molecule has 6 nitrogen and oxygen atoms in total. The standard InChI is InChI=1S/C20H14N6S/c1-3-7-14(8-4-1)11-12-18-25-26-19(23-24-20(26)27-18)17-13-16(21-22-17)15-9-5-2-6-10-15/h1-13H,(H,21,22)/b12-11+. The molecule has 0 bridgehead atoms. The number of hydrogen-bond acceptors (Lipinski definition) is 5. The van der Waals surface area contributed by atoms with Crippen molar-refractivity contribution < 1.29 is 0 Å². The summed E-state index contributed by atoms with van der Waals surface area (Å²) in [6, 6.07) is 22.1. The molecular formula is C20H14N6S. The minimum Gasteiger partial charge on any atom is -0.274 e. The number of rotatable bonds is 4. The van der Waals surface area contributed by atoms with Crippen molar-refractivity contribution >= 4 is 28.4 Å². The second kappa shape index (κ2) is 6.62. The molecular weight excluding hydrogens is 356 g/mol. The zero-order valence-corrected chi connectivity index (χ0v) is 15.0. The van der Waals surface area contributed by atoms with Crippen LogP contribution in [0.25, 0.3) is 39.9 Å². The Bertz CT molecular complexity index is 1220. The Hall–Kier alpha value is -3.58. The summed E-state index contributed by atoms with van der Waals surface area (Å²) in [5.74, 6) is 0.648. The first-order valence-electron chi connectivity index (χ1n) is 8.43. The van der Waals surface area contributed by atoms with Gasteiger partial charge in [-0.05, 0) is 17.7 Å². The molecule has 130 valence electrons. The summed E-state index contributed by atoms with van der Waals surface area (Å²) in [6.07, 6.45) is 4.02. The third-order valence-electron chi connectivity index (χ3n) is 4.11. The van der Waals surface area contributed by atoms with Crippen LogP contribution in [0, 0.1) is 0 Å². The van der Waals surface area contributed by atoms with Gasteiger partial charge >= 0.3 is 0 Å².